The summed E-state index contributed by atoms with van der Waals surface area (Å²) in [6.07, 6.45) is 9.42. The molecule has 0 aliphatic rings. The molecule has 3 heteroatoms. The first-order chi connectivity index (χ1) is 10.5. The van der Waals surface area contributed by atoms with Gasteiger partial charge < -0.3 is 4.90 Å². The summed E-state index contributed by atoms with van der Waals surface area (Å²) in [7, 11) is 8.14. The van der Waals surface area contributed by atoms with Crippen LogP contribution in [0.5, 0.6) is 0 Å². The molecule has 114 valence electrons. The lowest BCUT2D eigenvalue weighted by atomic mass is 10.1. The predicted octanol–water partition coefficient (Wildman–Crippen LogP) is 2.27. The molecule has 1 aromatic heterocycles. The fourth-order valence-corrected chi connectivity index (χ4v) is 2.27. The highest BCUT2D eigenvalue weighted by atomic mass is 15.1. The van der Waals surface area contributed by atoms with Crippen molar-refractivity contribution < 1.29 is 9.14 Å². The molecule has 0 spiro atoms. The van der Waals surface area contributed by atoms with Gasteiger partial charge in [-0.3, -0.25) is 0 Å². The summed E-state index contributed by atoms with van der Waals surface area (Å²) in [4.78, 5) is 2.06. The Morgan fingerprint density at radius 1 is 1.00 bits per heavy atom. The highest BCUT2D eigenvalue weighted by molar-refractivity contribution is 5.94. The molecule has 0 aliphatic carbocycles. The third-order valence-electron chi connectivity index (χ3n) is 3.23. The van der Waals surface area contributed by atoms with Crippen molar-refractivity contribution in [3.63, 3.8) is 0 Å². The fraction of sp³-hybridized carbons (Fsp3) is 0.263. The zero-order valence-electron chi connectivity index (χ0n) is 13.9. The van der Waals surface area contributed by atoms with E-state index < -0.39 is 0 Å². The molecular formula is C19H25N3+2. The number of aromatic nitrogens is 1. The molecule has 0 bridgehead atoms. The topological polar surface area (TPSA) is 10.1 Å². The van der Waals surface area contributed by atoms with Crippen LogP contribution < -0.4 is 4.57 Å². The van der Waals surface area contributed by atoms with Crippen molar-refractivity contribution in [2.45, 2.75) is 6.42 Å². The van der Waals surface area contributed by atoms with Crippen LogP contribution in [0.3, 0.4) is 0 Å². The van der Waals surface area contributed by atoms with Crippen molar-refractivity contribution in [3.8, 4) is 0 Å². The molecule has 2 aromatic rings. The van der Waals surface area contributed by atoms with Gasteiger partial charge in [0.25, 0.3) is 5.70 Å². The van der Waals surface area contributed by atoms with Crippen LogP contribution in [0, 0.1) is 0 Å². The quantitative estimate of drug-likeness (QED) is 0.608. The highest BCUT2D eigenvalue weighted by Gasteiger charge is 2.12. The van der Waals surface area contributed by atoms with E-state index in [2.05, 4.69) is 81.3 Å². The number of nitrogens with zero attached hydrogens (tertiary/aromatic N) is 3. The molecule has 0 atom stereocenters. The minimum absolute atomic E-state index is 0.964. The maximum absolute atomic E-state index is 2.18. The summed E-state index contributed by atoms with van der Waals surface area (Å²) in [5.41, 5.74) is 3.78. The SMILES string of the molecule is CN(C)/C=C(\C=[N+](C)C)[n+]1ccc(Cc2ccccc2)cc1. The summed E-state index contributed by atoms with van der Waals surface area (Å²) in [6, 6.07) is 14.9. The van der Waals surface area contributed by atoms with E-state index in [1.54, 1.807) is 0 Å². The highest BCUT2D eigenvalue weighted by Crippen LogP contribution is 2.07. The second-order valence-electron chi connectivity index (χ2n) is 5.89. The summed E-state index contributed by atoms with van der Waals surface area (Å²) in [6.45, 7) is 0. The van der Waals surface area contributed by atoms with Gasteiger partial charge in [0, 0.05) is 26.2 Å². The van der Waals surface area contributed by atoms with E-state index in [9.17, 15) is 0 Å². The lowest BCUT2D eigenvalue weighted by Crippen LogP contribution is -2.34. The van der Waals surface area contributed by atoms with Crippen molar-refractivity contribution >= 4 is 11.9 Å². The molecule has 0 fully saturated rings. The molecule has 0 N–H and O–H groups in total. The Morgan fingerprint density at radius 2 is 1.59 bits per heavy atom. The van der Waals surface area contributed by atoms with Crippen LogP contribution in [0.25, 0.3) is 5.70 Å². The molecule has 0 unspecified atom stereocenters. The Balaban J connectivity index is 2.21. The Kier molecular flexibility index (Phi) is 5.48. The van der Waals surface area contributed by atoms with E-state index in [0.717, 1.165) is 12.1 Å². The van der Waals surface area contributed by atoms with Gasteiger partial charge in [0.05, 0.1) is 6.20 Å². The average molecular weight is 295 g/mol. The first-order valence-corrected chi connectivity index (χ1v) is 7.48. The van der Waals surface area contributed by atoms with E-state index in [1.165, 1.54) is 11.1 Å². The number of allylic oxidation sites excluding steroid dienone is 1. The first-order valence-electron chi connectivity index (χ1n) is 7.48. The monoisotopic (exact) mass is 295 g/mol. The van der Waals surface area contributed by atoms with E-state index in [1.807, 2.05) is 28.2 Å². The van der Waals surface area contributed by atoms with E-state index in [0.29, 0.717) is 0 Å². The minimum Gasteiger partial charge on any atom is -0.378 e. The van der Waals surface area contributed by atoms with Crippen LogP contribution in [-0.2, 0) is 6.42 Å². The summed E-state index contributed by atoms with van der Waals surface area (Å²) < 4.78 is 4.19. The molecule has 1 heterocycles. The molecule has 0 amide bonds. The molecule has 0 aliphatic heterocycles. The minimum atomic E-state index is 0.964. The number of hydrogen-bond donors (Lipinski definition) is 0. The largest absolute Gasteiger partial charge is 0.378 e. The molecule has 22 heavy (non-hydrogen) atoms. The second-order valence-corrected chi connectivity index (χ2v) is 5.89. The van der Waals surface area contributed by atoms with Crippen LogP contribution in [0.15, 0.2) is 61.1 Å². The van der Waals surface area contributed by atoms with Gasteiger partial charge >= 0.3 is 0 Å². The molecule has 1 aromatic carbocycles. The van der Waals surface area contributed by atoms with Crippen molar-refractivity contribution in [2.75, 3.05) is 28.2 Å². The zero-order chi connectivity index (χ0) is 15.9. The number of benzene rings is 1. The zero-order valence-corrected chi connectivity index (χ0v) is 13.9. The van der Waals surface area contributed by atoms with E-state index in [4.69, 9.17) is 0 Å². The predicted molar refractivity (Wildman–Crippen MR) is 92.0 cm³/mol. The lowest BCUT2D eigenvalue weighted by molar-refractivity contribution is -0.580. The normalized spacial score (nSPS) is 11.2. The van der Waals surface area contributed by atoms with Gasteiger partial charge in [-0.15, -0.1) is 0 Å². The Hall–Kier alpha value is -2.42. The Morgan fingerprint density at radius 3 is 2.14 bits per heavy atom. The standard InChI is InChI=1S/C19H25N3/c1-20(2)15-19(16-21(3)4)22-12-10-18(11-13-22)14-17-8-6-5-7-9-17/h5-13,15-16H,14H2,1-4H3/q+2. The maximum Gasteiger partial charge on any atom is 0.290 e. The van der Waals surface area contributed by atoms with Gasteiger partial charge in [0.15, 0.2) is 12.4 Å². The number of rotatable bonds is 5. The third kappa shape index (κ3) is 4.85. The van der Waals surface area contributed by atoms with Crippen LogP contribution in [0.1, 0.15) is 11.1 Å². The molecule has 0 saturated heterocycles. The van der Waals surface area contributed by atoms with Crippen LogP contribution in [0.4, 0.5) is 0 Å². The van der Waals surface area contributed by atoms with Gasteiger partial charge in [0.1, 0.15) is 14.1 Å². The van der Waals surface area contributed by atoms with E-state index >= 15 is 0 Å². The first kappa shape index (κ1) is 16.0. The summed E-state index contributed by atoms with van der Waals surface area (Å²) >= 11 is 0. The second kappa shape index (κ2) is 7.55. The van der Waals surface area contributed by atoms with E-state index in [-0.39, 0.29) is 0 Å². The lowest BCUT2D eigenvalue weighted by Gasteiger charge is -2.05. The molecule has 0 saturated carbocycles. The van der Waals surface area contributed by atoms with Gasteiger partial charge in [-0.05, 0) is 17.5 Å². The van der Waals surface area contributed by atoms with Gasteiger partial charge in [0.2, 0.25) is 6.21 Å². The van der Waals surface area contributed by atoms with Gasteiger partial charge in [-0.1, -0.05) is 30.3 Å². The van der Waals surface area contributed by atoms with Crippen molar-refractivity contribution in [1.29, 1.82) is 0 Å². The van der Waals surface area contributed by atoms with Gasteiger partial charge in [-0.2, -0.15) is 4.57 Å². The van der Waals surface area contributed by atoms with Crippen LogP contribution in [0.2, 0.25) is 0 Å². The average Bonchev–Trinajstić information content (AvgIpc) is 2.47. The smallest absolute Gasteiger partial charge is 0.290 e. The Bertz CT molecular complexity index is 649. The van der Waals surface area contributed by atoms with Crippen molar-refractivity contribution in [2.24, 2.45) is 0 Å². The number of hydrogen-bond acceptors (Lipinski definition) is 1. The molecular weight excluding hydrogens is 270 g/mol. The van der Waals surface area contributed by atoms with Crippen molar-refractivity contribution in [3.05, 3.63) is 72.2 Å². The molecule has 0 radical (unpaired) electrons. The molecule has 2 rings (SSSR count). The van der Waals surface area contributed by atoms with Crippen LogP contribution in [-0.4, -0.2) is 43.9 Å². The van der Waals surface area contributed by atoms with Crippen LogP contribution >= 0.6 is 0 Å². The van der Waals surface area contributed by atoms with Crippen molar-refractivity contribution in [1.82, 2.24) is 4.90 Å². The number of pyridine rings is 1. The molecule has 3 nitrogen and oxygen atoms in total. The Labute approximate surface area is 133 Å². The summed E-state index contributed by atoms with van der Waals surface area (Å²) in [5, 5.41) is 0. The maximum atomic E-state index is 2.18. The third-order valence-corrected chi connectivity index (χ3v) is 3.23. The fourth-order valence-electron chi connectivity index (χ4n) is 2.27. The van der Waals surface area contributed by atoms with Gasteiger partial charge in [-0.25, -0.2) is 4.58 Å². The summed E-state index contributed by atoms with van der Waals surface area (Å²) in [5.74, 6) is 0.